The molecule has 2 rings (SSSR count). The van der Waals surface area contributed by atoms with Crippen LogP contribution in [0.3, 0.4) is 0 Å². The average molecular weight is 393 g/mol. The molecular formula is C19H20FNO5S. The highest BCUT2D eigenvalue weighted by atomic mass is 32.2. The van der Waals surface area contributed by atoms with E-state index in [0.29, 0.717) is 0 Å². The van der Waals surface area contributed by atoms with Gasteiger partial charge in [0.15, 0.2) is 15.1 Å². The first-order valence-electron chi connectivity index (χ1n) is 8.23. The van der Waals surface area contributed by atoms with Crippen LogP contribution in [0, 0.1) is 12.7 Å². The first kappa shape index (κ1) is 20.6. The number of sulfone groups is 1. The van der Waals surface area contributed by atoms with E-state index in [4.69, 9.17) is 0 Å². The lowest BCUT2D eigenvalue weighted by Gasteiger charge is -2.14. The first-order chi connectivity index (χ1) is 12.7. The molecule has 27 heavy (non-hydrogen) atoms. The first-order valence-corrected chi connectivity index (χ1v) is 9.94. The van der Waals surface area contributed by atoms with Crippen LogP contribution in [-0.2, 0) is 25.8 Å². The molecule has 0 saturated heterocycles. The lowest BCUT2D eigenvalue weighted by atomic mass is 10.1. The Kier molecular flexibility index (Phi) is 6.68. The van der Waals surface area contributed by atoms with Crippen molar-refractivity contribution < 1.29 is 27.5 Å². The zero-order chi connectivity index (χ0) is 20.0. The van der Waals surface area contributed by atoms with Crippen molar-refractivity contribution in [2.75, 3.05) is 11.1 Å². The van der Waals surface area contributed by atoms with Gasteiger partial charge >= 0.3 is 5.97 Å². The van der Waals surface area contributed by atoms with Crippen molar-refractivity contribution in [3.05, 3.63) is 65.5 Å². The molecule has 0 bridgehead atoms. The number of anilines is 1. The molecular weight excluding hydrogens is 373 g/mol. The second-order valence-electron chi connectivity index (χ2n) is 6.21. The highest BCUT2D eigenvalue weighted by molar-refractivity contribution is 7.93. The van der Waals surface area contributed by atoms with Crippen molar-refractivity contribution in [1.29, 1.82) is 0 Å². The Bertz CT molecular complexity index is 908. The number of hydrogen-bond acceptors (Lipinski definition) is 4. The quantitative estimate of drug-likeness (QED) is 0.718. The number of hydrogen-bond donors (Lipinski definition) is 2. The van der Waals surface area contributed by atoms with Gasteiger partial charge in [0, 0.05) is 5.69 Å². The lowest BCUT2D eigenvalue weighted by Crippen LogP contribution is -2.36. The molecule has 0 aromatic heterocycles. The summed E-state index contributed by atoms with van der Waals surface area (Å²) >= 11 is 0. The van der Waals surface area contributed by atoms with E-state index < -0.39 is 38.5 Å². The number of aliphatic carboxylic acids is 1. The molecule has 0 radical (unpaired) electrons. The van der Waals surface area contributed by atoms with Gasteiger partial charge in [-0.15, -0.1) is 0 Å². The van der Waals surface area contributed by atoms with E-state index >= 15 is 0 Å². The van der Waals surface area contributed by atoms with Crippen LogP contribution < -0.4 is 5.32 Å². The van der Waals surface area contributed by atoms with Crippen LogP contribution >= 0.6 is 0 Å². The molecule has 0 aliphatic heterocycles. The minimum atomic E-state index is -4.21. The third-order valence-corrected chi connectivity index (χ3v) is 5.95. The highest BCUT2D eigenvalue weighted by Gasteiger charge is 2.34. The number of nitrogens with one attached hydrogen (secondary N) is 1. The molecule has 0 heterocycles. The van der Waals surface area contributed by atoms with E-state index in [9.17, 15) is 27.5 Å². The second-order valence-corrected chi connectivity index (χ2v) is 8.40. The molecule has 2 N–H and O–H groups in total. The summed E-state index contributed by atoms with van der Waals surface area (Å²) in [6.07, 6.45) is 0.126. The van der Waals surface area contributed by atoms with Gasteiger partial charge in [-0.2, -0.15) is 0 Å². The van der Waals surface area contributed by atoms with Crippen LogP contribution in [0.1, 0.15) is 17.5 Å². The molecule has 1 amide bonds. The molecule has 2 aromatic carbocycles. The van der Waals surface area contributed by atoms with E-state index in [1.165, 1.54) is 12.1 Å². The SMILES string of the molecule is Cc1ccc(CCC(C(=O)O)S(=O)(=O)CC(=O)Nc2ccc(F)cc2)cc1. The van der Waals surface area contributed by atoms with Crippen molar-refractivity contribution in [3.8, 4) is 0 Å². The molecule has 8 heteroatoms. The summed E-state index contributed by atoms with van der Waals surface area (Å²) in [5, 5.41) is 9.95. The van der Waals surface area contributed by atoms with Gasteiger partial charge in [-0.25, -0.2) is 12.8 Å². The molecule has 1 atom stereocenters. The minimum absolute atomic E-state index is 0.134. The molecule has 6 nitrogen and oxygen atoms in total. The zero-order valence-electron chi connectivity index (χ0n) is 14.7. The van der Waals surface area contributed by atoms with Crippen molar-refractivity contribution >= 4 is 27.4 Å². The number of carbonyl (C=O) groups is 2. The molecule has 0 aliphatic rings. The third kappa shape index (κ3) is 6.18. The van der Waals surface area contributed by atoms with Crippen LogP contribution in [-0.4, -0.2) is 36.4 Å². The van der Waals surface area contributed by atoms with Gasteiger partial charge in [-0.3, -0.25) is 9.59 Å². The molecule has 0 aliphatic carbocycles. The number of carboxylic acids is 1. The maximum atomic E-state index is 12.9. The molecule has 0 spiro atoms. The number of carboxylic acid groups (broad SMARTS) is 1. The highest BCUT2D eigenvalue weighted by Crippen LogP contribution is 2.15. The molecule has 0 saturated carbocycles. The van der Waals surface area contributed by atoms with Crippen molar-refractivity contribution in [2.24, 2.45) is 0 Å². The molecule has 0 fully saturated rings. The fourth-order valence-electron chi connectivity index (χ4n) is 2.52. The van der Waals surface area contributed by atoms with Crippen LogP contribution in [0.4, 0.5) is 10.1 Å². The monoisotopic (exact) mass is 393 g/mol. The number of carbonyl (C=O) groups excluding carboxylic acids is 1. The maximum Gasteiger partial charge on any atom is 0.321 e. The number of amides is 1. The summed E-state index contributed by atoms with van der Waals surface area (Å²) in [5.74, 6) is -3.82. The lowest BCUT2D eigenvalue weighted by molar-refractivity contribution is -0.136. The minimum Gasteiger partial charge on any atom is -0.480 e. The second kappa shape index (κ2) is 8.77. The third-order valence-electron chi connectivity index (χ3n) is 3.98. The topological polar surface area (TPSA) is 101 Å². The van der Waals surface area contributed by atoms with E-state index in [-0.39, 0.29) is 18.5 Å². The van der Waals surface area contributed by atoms with Gasteiger partial charge < -0.3 is 10.4 Å². The van der Waals surface area contributed by atoms with Crippen molar-refractivity contribution in [1.82, 2.24) is 0 Å². The number of rotatable bonds is 8. The van der Waals surface area contributed by atoms with Gasteiger partial charge in [0.05, 0.1) is 0 Å². The van der Waals surface area contributed by atoms with E-state index in [2.05, 4.69) is 5.32 Å². The van der Waals surface area contributed by atoms with Crippen LogP contribution in [0.2, 0.25) is 0 Å². The summed E-state index contributed by atoms with van der Waals surface area (Å²) in [7, 11) is -4.21. The Balaban J connectivity index is 2.03. The molecule has 144 valence electrons. The Morgan fingerprint density at radius 3 is 2.22 bits per heavy atom. The van der Waals surface area contributed by atoms with Crippen LogP contribution in [0.15, 0.2) is 48.5 Å². The van der Waals surface area contributed by atoms with Gasteiger partial charge in [-0.05, 0) is 49.6 Å². The predicted molar refractivity (Wildman–Crippen MR) is 99.7 cm³/mol. The summed E-state index contributed by atoms with van der Waals surface area (Å²) in [6, 6.07) is 12.1. The Morgan fingerprint density at radius 1 is 1.07 bits per heavy atom. The van der Waals surface area contributed by atoms with E-state index in [1.807, 2.05) is 31.2 Å². The standard InChI is InChI=1S/C19H20FNO5S/c1-13-2-4-14(5-3-13)6-11-17(19(23)24)27(25,26)12-18(22)21-16-9-7-15(20)8-10-16/h2-5,7-10,17H,6,11-12H2,1H3,(H,21,22)(H,23,24). The van der Waals surface area contributed by atoms with Crippen LogP contribution in [0.25, 0.3) is 0 Å². The van der Waals surface area contributed by atoms with Gasteiger partial charge in [0.2, 0.25) is 5.91 Å². The molecule has 2 aromatic rings. The average Bonchev–Trinajstić information content (AvgIpc) is 2.57. The van der Waals surface area contributed by atoms with E-state index in [1.54, 1.807) is 0 Å². The largest absolute Gasteiger partial charge is 0.480 e. The van der Waals surface area contributed by atoms with Gasteiger partial charge in [0.1, 0.15) is 11.6 Å². The van der Waals surface area contributed by atoms with E-state index in [0.717, 1.165) is 23.3 Å². The summed E-state index contributed by atoms with van der Waals surface area (Å²) in [6.45, 7) is 1.91. The maximum absolute atomic E-state index is 12.9. The Morgan fingerprint density at radius 2 is 1.67 bits per heavy atom. The number of aryl methyl sites for hydroxylation is 2. The van der Waals surface area contributed by atoms with Crippen LogP contribution in [0.5, 0.6) is 0 Å². The fourth-order valence-corrected chi connectivity index (χ4v) is 3.95. The number of halogens is 1. The summed E-state index contributed by atoms with van der Waals surface area (Å²) < 4.78 is 37.7. The smallest absolute Gasteiger partial charge is 0.321 e. The Hall–Kier alpha value is -2.74. The zero-order valence-corrected chi connectivity index (χ0v) is 15.5. The van der Waals surface area contributed by atoms with Gasteiger partial charge in [0.25, 0.3) is 0 Å². The van der Waals surface area contributed by atoms with Crippen molar-refractivity contribution in [2.45, 2.75) is 25.0 Å². The van der Waals surface area contributed by atoms with Crippen molar-refractivity contribution in [3.63, 3.8) is 0 Å². The van der Waals surface area contributed by atoms with Gasteiger partial charge in [-0.1, -0.05) is 29.8 Å². The fraction of sp³-hybridized carbons (Fsp3) is 0.263. The number of benzene rings is 2. The summed E-state index contributed by atoms with van der Waals surface area (Å²) in [4.78, 5) is 23.4. The predicted octanol–water partition coefficient (Wildman–Crippen LogP) is 2.57. The Labute approximate surface area is 157 Å². The summed E-state index contributed by atoms with van der Waals surface area (Å²) in [5.41, 5.74) is 2.08. The normalized spacial score (nSPS) is 12.4. The molecule has 1 unspecified atom stereocenters.